The molecule has 2 N–H and O–H groups in total. The third kappa shape index (κ3) is 2.21. The van der Waals surface area contributed by atoms with E-state index in [1.807, 2.05) is 0 Å². The number of H-pyrrole nitrogens is 1. The van der Waals surface area contributed by atoms with Gasteiger partial charge in [0.2, 0.25) is 5.91 Å². The normalized spacial score (nSPS) is 20.4. The first-order valence-electron chi connectivity index (χ1n) is 5.14. The van der Waals surface area contributed by atoms with Gasteiger partial charge in [-0.2, -0.15) is 0 Å². The second-order valence-corrected chi connectivity index (χ2v) is 3.91. The van der Waals surface area contributed by atoms with E-state index in [2.05, 4.69) is 9.97 Å². The van der Waals surface area contributed by atoms with Gasteiger partial charge < -0.3 is 15.0 Å². The molecule has 6 nitrogen and oxygen atoms in total. The van der Waals surface area contributed by atoms with E-state index in [0.717, 1.165) is 5.69 Å². The molecule has 0 bridgehead atoms. The smallest absolute Gasteiger partial charge is 0.308 e. The van der Waals surface area contributed by atoms with Crippen molar-refractivity contribution in [2.24, 2.45) is 5.92 Å². The summed E-state index contributed by atoms with van der Waals surface area (Å²) in [6.45, 7) is 0.868. The fourth-order valence-electron chi connectivity index (χ4n) is 1.83. The molecule has 0 saturated carbocycles. The molecule has 1 aliphatic heterocycles. The van der Waals surface area contributed by atoms with Crippen LogP contribution in [0.2, 0.25) is 0 Å². The van der Waals surface area contributed by atoms with E-state index in [4.69, 9.17) is 5.11 Å². The van der Waals surface area contributed by atoms with Crippen molar-refractivity contribution in [3.05, 3.63) is 18.2 Å². The van der Waals surface area contributed by atoms with E-state index < -0.39 is 11.9 Å². The molecule has 0 aromatic carbocycles. The van der Waals surface area contributed by atoms with Gasteiger partial charge in [-0.05, 0) is 0 Å². The first kappa shape index (κ1) is 10.7. The number of carboxylic acid groups (broad SMARTS) is 1. The molecule has 1 aromatic rings. The van der Waals surface area contributed by atoms with Gasteiger partial charge in [-0.3, -0.25) is 9.59 Å². The fourth-order valence-corrected chi connectivity index (χ4v) is 1.83. The van der Waals surface area contributed by atoms with Crippen molar-refractivity contribution in [1.29, 1.82) is 0 Å². The van der Waals surface area contributed by atoms with Crippen LogP contribution in [0.1, 0.15) is 12.1 Å². The molecule has 1 atom stereocenters. The van der Waals surface area contributed by atoms with E-state index in [1.165, 1.54) is 0 Å². The van der Waals surface area contributed by atoms with Crippen molar-refractivity contribution in [1.82, 2.24) is 14.9 Å². The van der Waals surface area contributed by atoms with E-state index >= 15 is 0 Å². The number of likely N-dealkylation sites (tertiary alicyclic amines) is 1. The largest absolute Gasteiger partial charge is 0.481 e. The number of aromatic amines is 1. The van der Waals surface area contributed by atoms with Crippen molar-refractivity contribution in [2.45, 2.75) is 12.8 Å². The number of carbonyl (C=O) groups excluding carboxylic acids is 1. The summed E-state index contributed by atoms with van der Waals surface area (Å²) in [5.74, 6) is -1.52. The zero-order valence-electron chi connectivity index (χ0n) is 8.72. The average molecular weight is 223 g/mol. The topological polar surface area (TPSA) is 86.3 Å². The molecule has 1 saturated heterocycles. The zero-order valence-corrected chi connectivity index (χ0v) is 8.72. The lowest BCUT2D eigenvalue weighted by atomic mass is 10.1. The molecular weight excluding hydrogens is 210 g/mol. The number of carbonyl (C=O) groups is 2. The van der Waals surface area contributed by atoms with Crippen molar-refractivity contribution >= 4 is 11.9 Å². The number of aliphatic carboxylic acids is 1. The Morgan fingerprint density at radius 2 is 2.50 bits per heavy atom. The molecule has 0 spiro atoms. The van der Waals surface area contributed by atoms with Crippen molar-refractivity contribution in [3.63, 3.8) is 0 Å². The highest BCUT2D eigenvalue weighted by molar-refractivity contribution is 5.86. The van der Waals surface area contributed by atoms with E-state index in [-0.39, 0.29) is 12.3 Å². The van der Waals surface area contributed by atoms with Gasteiger partial charge in [0, 0.05) is 37.8 Å². The van der Waals surface area contributed by atoms with Gasteiger partial charge in [0.05, 0.1) is 12.2 Å². The van der Waals surface area contributed by atoms with Gasteiger partial charge in [-0.25, -0.2) is 4.98 Å². The Labute approximate surface area is 92.3 Å². The predicted octanol–water partition coefficient (Wildman–Crippen LogP) is -0.115. The summed E-state index contributed by atoms with van der Waals surface area (Å²) in [7, 11) is 0. The minimum absolute atomic E-state index is 0.0769. The first-order chi connectivity index (χ1) is 7.66. The summed E-state index contributed by atoms with van der Waals surface area (Å²) in [6, 6.07) is 0. The van der Waals surface area contributed by atoms with Crippen LogP contribution in [0.4, 0.5) is 0 Å². The van der Waals surface area contributed by atoms with E-state index in [1.54, 1.807) is 17.4 Å². The monoisotopic (exact) mass is 223 g/mol. The lowest BCUT2D eigenvalue weighted by Gasteiger charge is -2.14. The average Bonchev–Trinajstić information content (AvgIpc) is 2.84. The van der Waals surface area contributed by atoms with Crippen molar-refractivity contribution in [3.8, 4) is 0 Å². The number of aromatic nitrogens is 2. The number of imidazole rings is 1. The summed E-state index contributed by atoms with van der Waals surface area (Å²) in [5.41, 5.74) is 0.951. The van der Waals surface area contributed by atoms with Crippen LogP contribution < -0.4 is 0 Å². The van der Waals surface area contributed by atoms with Gasteiger partial charge >= 0.3 is 5.97 Å². The number of hydrogen-bond acceptors (Lipinski definition) is 3. The van der Waals surface area contributed by atoms with Gasteiger partial charge in [0.15, 0.2) is 0 Å². The molecule has 1 aromatic heterocycles. The number of nitrogens with zero attached hydrogens (tertiary/aromatic N) is 2. The molecule has 0 radical (unpaired) electrons. The minimum Gasteiger partial charge on any atom is -0.481 e. The second-order valence-electron chi connectivity index (χ2n) is 3.91. The van der Waals surface area contributed by atoms with Crippen molar-refractivity contribution < 1.29 is 14.7 Å². The molecule has 1 aliphatic rings. The third-order valence-electron chi connectivity index (χ3n) is 2.77. The first-order valence-corrected chi connectivity index (χ1v) is 5.14. The Hall–Kier alpha value is -1.85. The summed E-state index contributed by atoms with van der Waals surface area (Å²) >= 11 is 0. The standard InChI is InChI=1S/C10H13N3O3/c14-9-3-7(10(15)16)5-13(9)2-1-8-4-11-6-12-8/h4,6-7H,1-3,5H2,(H,11,12)(H,15,16). The zero-order chi connectivity index (χ0) is 11.5. The van der Waals surface area contributed by atoms with Crippen LogP contribution in [-0.4, -0.2) is 44.9 Å². The van der Waals surface area contributed by atoms with E-state index in [9.17, 15) is 9.59 Å². The number of hydrogen-bond donors (Lipinski definition) is 2. The molecule has 6 heteroatoms. The molecule has 1 unspecified atom stereocenters. The van der Waals surface area contributed by atoms with Gasteiger partial charge in [0.25, 0.3) is 0 Å². The molecule has 2 heterocycles. The van der Waals surface area contributed by atoms with Crippen LogP contribution in [-0.2, 0) is 16.0 Å². The quantitative estimate of drug-likeness (QED) is 0.745. The molecule has 1 amide bonds. The molecule has 16 heavy (non-hydrogen) atoms. The Morgan fingerprint density at radius 1 is 1.69 bits per heavy atom. The molecular formula is C10H13N3O3. The van der Waals surface area contributed by atoms with Gasteiger partial charge in [0.1, 0.15) is 0 Å². The fraction of sp³-hybridized carbons (Fsp3) is 0.500. The predicted molar refractivity (Wildman–Crippen MR) is 54.6 cm³/mol. The van der Waals surface area contributed by atoms with Crippen LogP contribution in [0, 0.1) is 5.92 Å². The number of amides is 1. The van der Waals surface area contributed by atoms with Crippen LogP contribution >= 0.6 is 0 Å². The van der Waals surface area contributed by atoms with Gasteiger partial charge in [-0.15, -0.1) is 0 Å². The molecule has 2 rings (SSSR count). The minimum atomic E-state index is -0.891. The Bertz CT molecular complexity index is 388. The van der Waals surface area contributed by atoms with Crippen LogP contribution in [0.3, 0.4) is 0 Å². The van der Waals surface area contributed by atoms with Crippen LogP contribution in [0.15, 0.2) is 12.5 Å². The summed E-state index contributed by atoms with van der Waals surface area (Å²) in [4.78, 5) is 30.6. The number of carboxylic acids is 1. The lowest BCUT2D eigenvalue weighted by molar-refractivity contribution is -0.141. The van der Waals surface area contributed by atoms with E-state index in [0.29, 0.717) is 19.5 Å². The maximum absolute atomic E-state index is 11.5. The molecule has 86 valence electrons. The third-order valence-corrected chi connectivity index (χ3v) is 2.77. The highest BCUT2D eigenvalue weighted by Gasteiger charge is 2.33. The Balaban J connectivity index is 1.87. The Morgan fingerprint density at radius 3 is 3.06 bits per heavy atom. The maximum atomic E-state index is 11.5. The van der Waals surface area contributed by atoms with Crippen LogP contribution in [0.5, 0.6) is 0 Å². The summed E-state index contributed by atoms with van der Waals surface area (Å²) in [6.07, 6.45) is 4.09. The number of rotatable bonds is 4. The second kappa shape index (κ2) is 4.34. The number of nitrogens with one attached hydrogen (secondary N) is 1. The Kier molecular flexibility index (Phi) is 2.89. The lowest BCUT2D eigenvalue weighted by Crippen LogP contribution is -2.28. The summed E-state index contributed by atoms with van der Waals surface area (Å²) in [5, 5.41) is 8.81. The summed E-state index contributed by atoms with van der Waals surface area (Å²) < 4.78 is 0. The van der Waals surface area contributed by atoms with Crippen molar-refractivity contribution in [2.75, 3.05) is 13.1 Å². The molecule has 1 fully saturated rings. The maximum Gasteiger partial charge on any atom is 0.308 e. The highest BCUT2D eigenvalue weighted by atomic mass is 16.4. The van der Waals surface area contributed by atoms with Crippen LogP contribution in [0.25, 0.3) is 0 Å². The SMILES string of the molecule is O=C(O)C1CC(=O)N(CCc2cnc[nH]2)C1. The van der Waals surface area contributed by atoms with Gasteiger partial charge in [-0.1, -0.05) is 0 Å². The highest BCUT2D eigenvalue weighted by Crippen LogP contribution is 2.17. The molecule has 0 aliphatic carbocycles.